The van der Waals surface area contributed by atoms with Crippen molar-refractivity contribution in [3.05, 3.63) is 42.5 Å². The molecule has 0 unspecified atom stereocenters. The van der Waals surface area contributed by atoms with Gasteiger partial charge in [-0.2, -0.15) is 0 Å². The summed E-state index contributed by atoms with van der Waals surface area (Å²) in [5.41, 5.74) is 0. The lowest BCUT2D eigenvalue weighted by Gasteiger charge is -2.36. The molecular formula is C14H15NO. The van der Waals surface area contributed by atoms with Crippen LogP contribution in [-0.4, -0.2) is 31.1 Å². The number of fused-ring (bicyclic) bond motifs is 1. The molecule has 1 aliphatic rings. The predicted octanol–water partition coefficient (Wildman–Crippen LogP) is 2.53. The number of benzene rings is 2. The second-order valence-corrected chi connectivity index (χ2v) is 4.44. The van der Waals surface area contributed by atoms with Crippen LogP contribution in [0.25, 0.3) is 10.8 Å². The average molecular weight is 213 g/mol. The van der Waals surface area contributed by atoms with E-state index in [4.69, 9.17) is 4.74 Å². The fraction of sp³-hybridized carbons (Fsp3) is 0.286. The summed E-state index contributed by atoms with van der Waals surface area (Å²) in [4.78, 5) is 2.26. The maximum Gasteiger partial charge on any atom is 0.127 e. The molecule has 1 fully saturated rings. The molecule has 0 amide bonds. The largest absolute Gasteiger partial charge is 0.487 e. The zero-order valence-electron chi connectivity index (χ0n) is 9.39. The monoisotopic (exact) mass is 213 g/mol. The van der Waals surface area contributed by atoms with E-state index in [0.29, 0.717) is 6.10 Å². The van der Waals surface area contributed by atoms with E-state index in [0.717, 1.165) is 18.8 Å². The van der Waals surface area contributed by atoms with Crippen LogP contribution in [0, 0.1) is 0 Å². The van der Waals surface area contributed by atoms with Crippen molar-refractivity contribution in [3.63, 3.8) is 0 Å². The second-order valence-electron chi connectivity index (χ2n) is 4.44. The van der Waals surface area contributed by atoms with Gasteiger partial charge in [-0.05, 0) is 18.5 Å². The van der Waals surface area contributed by atoms with Crippen molar-refractivity contribution in [2.45, 2.75) is 6.10 Å². The molecule has 1 saturated heterocycles. The Bertz CT molecular complexity index is 498. The molecule has 82 valence electrons. The molecule has 2 aromatic carbocycles. The Morgan fingerprint density at radius 2 is 1.81 bits per heavy atom. The third-order valence-electron chi connectivity index (χ3n) is 3.07. The van der Waals surface area contributed by atoms with Gasteiger partial charge in [-0.15, -0.1) is 0 Å². The lowest BCUT2D eigenvalue weighted by Crippen LogP contribution is -2.51. The Labute approximate surface area is 95.4 Å². The van der Waals surface area contributed by atoms with Crippen molar-refractivity contribution in [1.29, 1.82) is 0 Å². The number of nitrogens with zero attached hydrogens (tertiary/aromatic N) is 1. The highest BCUT2D eigenvalue weighted by Crippen LogP contribution is 2.27. The Hall–Kier alpha value is -1.54. The molecular weight excluding hydrogens is 198 g/mol. The molecule has 0 aliphatic carbocycles. The van der Waals surface area contributed by atoms with E-state index in [-0.39, 0.29) is 0 Å². The van der Waals surface area contributed by atoms with Crippen molar-refractivity contribution in [1.82, 2.24) is 4.90 Å². The minimum absolute atomic E-state index is 0.357. The van der Waals surface area contributed by atoms with Crippen LogP contribution < -0.4 is 4.74 Å². The van der Waals surface area contributed by atoms with E-state index in [1.54, 1.807) is 0 Å². The third-order valence-corrected chi connectivity index (χ3v) is 3.07. The SMILES string of the molecule is CN1CC(Oc2cccc3ccccc23)C1. The molecule has 0 saturated carbocycles. The number of likely N-dealkylation sites (N-methyl/N-ethyl adjacent to an activating group) is 1. The molecule has 2 heteroatoms. The molecule has 2 nitrogen and oxygen atoms in total. The highest BCUT2D eigenvalue weighted by molar-refractivity contribution is 5.88. The molecule has 3 rings (SSSR count). The summed E-state index contributed by atoms with van der Waals surface area (Å²) in [6, 6.07) is 14.6. The van der Waals surface area contributed by atoms with E-state index < -0.39 is 0 Å². The molecule has 1 aliphatic heterocycles. The third kappa shape index (κ3) is 1.65. The van der Waals surface area contributed by atoms with Gasteiger partial charge in [-0.3, -0.25) is 4.90 Å². The van der Waals surface area contributed by atoms with E-state index in [1.165, 1.54) is 10.8 Å². The number of hydrogen-bond acceptors (Lipinski definition) is 2. The van der Waals surface area contributed by atoms with E-state index in [1.807, 2.05) is 0 Å². The first-order valence-corrected chi connectivity index (χ1v) is 5.66. The smallest absolute Gasteiger partial charge is 0.127 e. The minimum Gasteiger partial charge on any atom is -0.487 e. The summed E-state index contributed by atoms with van der Waals surface area (Å²) in [5, 5.41) is 2.45. The van der Waals surface area contributed by atoms with Crippen molar-refractivity contribution in [2.24, 2.45) is 0 Å². The number of hydrogen-bond donors (Lipinski definition) is 0. The first kappa shape index (κ1) is 9.67. The zero-order chi connectivity index (χ0) is 11.0. The van der Waals surface area contributed by atoms with Gasteiger partial charge in [0.2, 0.25) is 0 Å². The fourth-order valence-electron chi connectivity index (χ4n) is 2.19. The fourth-order valence-corrected chi connectivity index (χ4v) is 2.19. The van der Waals surface area contributed by atoms with Crippen molar-refractivity contribution >= 4 is 10.8 Å². The van der Waals surface area contributed by atoms with Gasteiger partial charge in [0.1, 0.15) is 11.9 Å². The van der Waals surface area contributed by atoms with Crippen LogP contribution in [0.1, 0.15) is 0 Å². The average Bonchev–Trinajstić information content (AvgIpc) is 2.27. The van der Waals surface area contributed by atoms with Crippen LogP contribution in [0.2, 0.25) is 0 Å². The van der Waals surface area contributed by atoms with Crippen LogP contribution in [0.15, 0.2) is 42.5 Å². The zero-order valence-corrected chi connectivity index (χ0v) is 9.39. The summed E-state index contributed by atoms with van der Waals surface area (Å²) in [6.45, 7) is 2.06. The summed E-state index contributed by atoms with van der Waals surface area (Å²) in [6.07, 6.45) is 0.357. The Morgan fingerprint density at radius 1 is 1.06 bits per heavy atom. The van der Waals surface area contributed by atoms with Crippen LogP contribution in [0.5, 0.6) is 5.75 Å². The first-order valence-electron chi connectivity index (χ1n) is 5.66. The van der Waals surface area contributed by atoms with Gasteiger partial charge in [-0.1, -0.05) is 36.4 Å². The summed E-state index contributed by atoms with van der Waals surface area (Å²) >= 11 is 0. The van der Waals surface area contributed by atoms with Crippen LogP contribution in [0.3, 0.4) is 0 Å². The molecule has 0 aromatic heterocycles. The Kier molecular flexibility index (Phi) is 2.29. The lowest BCUT2D eigenvalue weighted by molar-refractivity contribution is 0.0399. The Morgan fingerprint density at radius 3 is 2.62 bits per heavy atom. The number of likely N-dealkylation sites (tertiary alicyclic amines) is 1. The predicted molar refractivity (Wildman–Crippen MR) is 65.9 cm³/mol. The van der Waals surface area contributed by atoms with E-state index in [2.05, 4.69) is 54.4 Å². The molecule has 1 heterocycles. The van der Waals surface area contributed by atoms with E-state index in [9.17, 15) is 0 Å². The molecule has 0 radical (unpaired) electrons. The van der Waals surface area contributed by atoms with Crippen molar-refractivity contribution < 1.29 is 4.74 Å². The summed E-state index contributed by atoms with van der Waals surface area (Å²) in [7, 11) is 2.11. The number of ether oxygens (including phenoxy) is 1. The van der Waals surface area contributed by atoms with Gasteiger partial charge in [0.25, 0.3) is 0 Å². The van der Waals surface area contributed by atoms with Gasteiger partial charge in [0.15, 0.2) is 0 Å². The first-order chi connectivity index (χ1) is 7.83. The summed E-state index contributed by atoms with van der Waals surface area (Å²) < 4.78 is 5.99. The van der Waals surface area contributed by atoms with Gasteiger partial charge < -0.3 is 4.74 Å². The van der Waals surface area contributed by atoms with Crippen molar-refractivity contribution in [3.8, 4) is 5.75 Å². The van der Waals surface area contributed by atoms with Gasteiger partial charge in [0.05, 0.1) is 0 Å². The quantitative estimate of drug-likeness (QED) is 0.760. The highest BCUT2D eigenvalue weighted by Gasteiger charge is 2.25. The normalized spacial score (nSPS) is 17.3. The van der Waals surface area contributed by atoms with E-state index >= 15 is 0 Å². The van der Waals surface area contributed by atoms with Crippen LogP contribution in [0.4, 0.5) is 0 Å². The highest BCUT2D eigenvalue weighted by atomic mass is 16.5. The summed E-state index contributed by atoms with van der Waals surface area (Å²) in [5.74, 6) is 1.01. The number of rotatable bonds is 2. The standard InChI is InChI=1S/C14H15NO/c1-15-9-12(10-15)16-14-8-4-6-11-5-2-3-7-13(11)14/h2-8,12H,9-10H2,1H3. The Balaban J connectivity index is 1.91. The van der Waals surface area contributed by atoms with Crippen molar-refractivity contribution in [2.75, 3.05) is 20.1 Å². The lowest BCUT2D eigenvalue weighted by atomic mass is 10.1. The maximum absolute atomic E-state index is 5.99. The minimum atomic E-state index is 0.357. The topological polar surface area (TPSA) is 12.5 Å². The maximum atomic E-state index is 5.99. The molecule has 0 atom stereocenters. The van der Waals surface area contributed by atoms with Gasteiger partial charge >= 0.3 is 0 Å². The second kappa shape index (κ2) is 3.80. The molecule has 0 spiro atoms. The van der Waals surface area contributed by atoms with Crippen LogP contribution in [-0.2, 0) is 0 Å². The van der Waals surface area contributed by atoms with Gasteiger partial charge in [0, 0.05) is 18.5 Å². The molecule has 0 bridgehead atoms. The van der Waals surface area contributed by atoms with Gasteiger partial charge in [-0.25, -0.2) is 0 Å². The molecule has 2 aromatic rings. The molecule has 0 N–H and O–H groups in total. The van der Waals surface area contributed by atoms with Crippen LogP contribution >= 0.6 is 0 Å². The molecule has 16 heavy (non-hydrogen) atoms.